The number of aromatic nitrogens is 4. The third kappa shape index (κ3) is 4.95. The van der Waals surface area contributed by atoms with Crippen LogP contribution in [0.25, 0.3) is 44.8 Å². The molecule has 5 aromatic rings. The number of halogens is 1. The highest BCUT2D eigenvalue weighted by Gasteiger charge is 2.22. The number of carboxylic acids is 1. The number of carboxylic acid groups (broad SMARTS) is 1. The number of carbonyl (C=O) groups excluding carboxylic acids is 1. The lowest BCUT2D eigenvalue weighted by Gasteiger charge is -2.36. The fourth-order valence-electron chi connectivity index (χ4n) is 4.85. The lowest BCUT2D eigenvalue weighted by Crippen LogP contribution is -2.48. The number of hydrogen-bond acceptors (Lipinski definition) is 5. The van der Waals surface area contributed by atoms with Crippen LogP contribution in [0.2, 0.25) is 0 Å². The minimum absolute atomic E-state index is 0.0511. The van der Waals surface area contributed by atoms with Crippen LogP contribution in [0, 0.1) is 3.57 Å². The number of benzene rings is 3. The van der Waals surface area contributed by atoms with Crippen molar-refractivity contribution in [3.8, 4) is 22.8 Å². The van der Waals surface area contributed by atoms with E-state index in [4.69, 9.17) is 15.1 Å². The fourth-order valence-corrected chi connectivity index (χ4v) is 5.39. The summed E-state index contributed by atoms with van der Waals surface area (Å²) < 4.78 is 1.16. The second-order valence-electron chi connectivity index (χ2n) is 9.38. The Kier molecular flexibility index (Phi) is 6.48. The Bertz CT molecular complexity index is 1670. The summed E-state index contributed by atoms with van der Waals surface area (Å²) in [6, 6.07) is 20.5. The van der Waals surface area contributed by atoms with Crippen molar-refractivity contribution in [2.75, 3.05) is 31.1 Å². The van der Waals surface area contributed by atoms with Crippen LogP contribution < -0.4 is 4.90 Å². The molecule has 3 heterocycles. The van der Waals surface area contributed by atoms with Crippen molar-refractivity contribution in [1.82, 2.24) is 24.8 Å². The summed E-state index contributed by atoms with van der Waals surface area (Å²) in [5, 5.41) is 8.82. The van der Waals surface area contributed by atoms with Crippen molar-refractivity contribution in [2.45, 2.75) is 12.8 Å². The third-order valence-electron chi connectivity index (χ3n) is 6.87. The summed E-state index contributed by atoms with van der Waals surface area (Å²) in [6.07, 6.45) is -0.0751. The van der Waals surface area contributed by atoms with Crippen LogP contribution in [0.4, 0.5) is 5.69 Å². The van der Waals surface area contributed by atoms with Gasteiger partial charge in [0, 0.05) is 53.0 Å². The van der Waals surface area contributed by atoms with Gasteiger partial charge in [-0.15, -0.1) is 0 Å². The lowest BCUT2D eigenvalue weighted by atomic mass is 10.2. The van der Waals surface area contributed by atoms with Gasteiger partial charge in [-0.25, -0.2) is 9.97 Å². The van der Waals surface area contributed by atoms with E-state index in [0.717, 1.165) is 54.1 Å². The second kappa shape index (κ2) is 10.1. The third-order valence-corrected chi connectivity index (χ3v) is 7.54. The van der Waals surface area contributed by atoms with Gasteiger partial charge in [0.05, 0.1) is 28.5 Å². The van der Waals surface area contributed by atoms with Gasteiger partial charge in [0.15, 0.2) is 0 Å². The largest absolute Gasteiger partial charge is 0.481 e. The Morgan fingerprint density at radius 3 is 2.16 bits per heavy atom. The Labute approximate surface area is 232 Å². The highest BCUT2D eigenvalue weighted by atomic mass is 127. The number of fused-ring (bicyclic) bond motifs is 2. The number of H-pyrrole nitrogens is 2. The van der Waals surface area contributed by atoms with E-state index in [-0.39, 0.29) is 18.7 Å². The first-order chi connectivity index (χ1) is 18.4. The molecule has 3 N–H and O–H groups in total. The van der Waals surface area contributed by atoms with Crippen molar-refractivity contribution >= 4 is 62.2 Å². The predicted molar refractivity (Wildman–Crippen MR) is 155 cm³/mol. The molecular weight excluding hydrogens is 595 g/mol. The molecule has 9 nitrogen and oxygen atoms in total. The summed E-state index contributed by atoms with van der Waals surface area (Å²) in [5.41, 5.74) is 6.78. The quantitative estimate of drug-likeness (QED) is 0.233. The number of hydrogen-bond donors (Lipinski definition) is 3. The molecule has 0 spiro atoms. The minimum atomic E-state index is -0.944. The predicted octanol–water partition coefficient (Wildman–Crippen LogP) is 4.89. The molecule has 3 aromatic carbocycles. The van der Waals surface area contributed by atoms with Crippen LogP contribution in [0.3, 0.4) is 0 Å². The molecule has 1 amide bonds. The van der Waals surface area contributed by atoms with Crippen LogP contribution in [0.5, 0.6) is 0 Å². The van der Waals surface area contributed by atoms with E-state index in [9.17, 15) is 9.59 Å². The molecule has 192 valence electrons. The first kappa shape index (κ1) is 24.4. The molecule has 0 saturated carbocycles. The molecule has 0 bridgehead atoms. The molecular formula is C28H25IN6O3. The lowest BCUT2D eigenvalue weighted by molar-refractivity contribution is -0.141. The topological polar surface area (TPSA) is 118 Å². The number of rotatable bonds is 6. The summed E-state index contributed by atoms with van der Waals surface area (Å²) in [6.45, 7) is 2.56. The zero-order valence-electron chi connectivity index (χ0n) is 20.4. The Morgan fingerprint density at radius 2 is 1.47 bits per heavy atom. The molecule has 0 aliphatic carbocycles. The number of anilines is 1. The highest BCUT2D eigenvalue weighted by Crippen LogP contribution is 2.28. The molecule has 1 aliphatic heterocycles. The average Bonchev–Trinajstić information content (AvgIpc) is 3.55. The van der Waals surface area contributed by atoms with E-state index < -0.39 is 5.97 Å². The van der Waals surface area contributed by atoms with Crippen molar-refractivity contribution in [3.63, 3.8) is 0 Å². The van der Waals surface area contributed by atoms with Crippen molar-refractivity contribution < 1.29 is 14.7 Å². The van der Waals surface area contributed by atoms with Gasteiger partial charge in [-0.3, -0.25) is 9.59 Å². The van der Waals surface area contributed by atoms with E-state index in [2.05, 4.69) is 73.9 Å². The number of aliphatic carboxylic acids is 1. The minimum Gasteiger partial charge on any atom is -0.481 e. The maximum Gasteiger partial charge on any atom is 0.303 e. The van der Waals surface area contributed by atoms with Gasteiger partial charge < -0.3 is 24.9 Å². The van der Waals surface area contributed by atoms with Gasteiger partial charge in [0.25, 0.3) is 0 Å². The molecule has 0 atom stereocenters. The Hall–Kier alpha value is -3.93. The van der Waals surface area contributed by atoms with Crippen LogP contribution in [-0.2, 0) is 9.59 Å². The van der Waals surface area contributed by atoms with Gasteiger partial charge in [-0.05, 0) is 71.1 Å². The van der Waals surface area contributed by atoms with Crippen LogP contribution in [0.15, 0.2) is 60.7 Å². The van der Waals surface area contributed by atoms with Gasteiger partial charge >= 0.3 is 5.97 Å². The smallest absolute Gasteiger partial charge is 0.303 e. The van der Waals surface area contributed by atoms with Gasteiger partial charge in [0.2, 0.25) is 5.91 Å². The van der Waals surface area contributed by atoms with Crippen LogP contribution >= 0.6 is 22.6 Å². The molecule has 0 radical (unpaired) electrons. The van der Waals surface area contributed by atoms with E-state index in [1.165, 1.54) is 0 Å². The molecule has 6 rings (SSSR count). The molecule has 10 heteroatoms. The normalized spacial score (nSPS) is 13.9. The molecule has 1 aliphatic rings. The SMILES string of the molecule is O=C(O)CCC(=O)N1CCN(c2ccc3nc(-c4ccc5nc(-c6cccc(I)c6)[nH]c5c4)[nH]c3c2)CC1. The van der Waals surface area contributed by atoms with Gasteiger partial charge in [-0.1, -0.05) is 12.1 Å². The number of amides is 1. The maximum absolute atomic E-state index is 12.3. The monoisotopic (exact) mass is 620 g/mol. The summed E-state index contributed by atoms with van der Waals surface area (Å²) >= 11 is 2.30. The number of imidazole rings is 2. The zero-order valence-corrected chi connectivity index (χ0v) is 22.6. The van der Waals surface area contributed by atoms with Crippen LogP contribution in [-0.4, -0.2) is 68.0 Å². The standard InChI is InChI=1S/C28H25IN6O3/c29-19-3-1-2-17(14-19)27-30-21-6-4-18(15-23(21)32-27)28-31-22-7-5-20(16-24(22)33-28)34-10-12-35(13-11-34)25(36)8-9-26(37)38/h1-7,14-16H,8-13H2,(H,30,32)(H,31,33)(H,37,38). The van der Waals surface area contributed by atoms with E-state index in [1.807, 2.05) is 24.3 Å². The first-order valence-electron chi connectivity index (χ1n) is 12.4. The average molecular weight is 620 g/mol. The number of aromatic amines is 2. The van der Waals surface area contributed by atoms with Crippen molar-refractivity contribution in [3.05, 3.63) is 64.2 Å². The van der Waals surface area contributed by atoms with Gasteiger partial charge in [-0.2, -0.15) is 0 Å². The van der Waals surface area contributed by atoms with Crippen LogP contribution in [0.1, 0.15) is 12.8 Å². The highest BCUT2D eigenvalue weighted by molar-refractivity contribution is 14.1. The van der Waals surface area contributed by atoms with Gasteiger partial charge in [0.1, 0.15) is 11.6 Å². The van der Waals surface area contributed by atoms with Crippen molar-refractivity contribution in [2.24, 2.45) is 0 Å². The number of nitrogens with one attached hydrogen (secondary N) is 2. The summed E-state index contributed by atoms with van der Waals surface area (Å²) in [5.74, 6) is 0.591. The fraction of sp³-hybridized carbons (Fsp3) is 0.214. The summed E-state index contributed by atoms with van der Waals surface area (Å²) in [4.78, 5) is 43.5. The molecule has 1 fully saturated rings. The summed E-state index contributed by atoms with van der Waals surface area (Å²) in [7, 11) is 0. The Morgan fingerprint density at radius 1 is 0.816 bits per heavy atom. The number of carbonyl (C=O) groups is 2. The first-order valence-corrected chi connectivity index (χ1v) is 13.5. The number of nitrogens with zero attached hydrogens (tertiary/aromatic N) is 4. The maximum atomic E-state index is 12.3. The molecule has 1 saturated heterocycles. The van der Waals surface area contributed by atoms with E-state index in [1.54, 1.807) is 4.90 Å². The Balaban J connectivity index is 1.19. The second-order valence-corrected chi connectivity index (χ2v) is 10.6. The van der Waals surface area contributed by atoms with E-state index in [0.29, 0.717) is 26.2 Å². The molecule has 0 unspecified atom stereocenters. The molecule has 2 aromatic heterocycles. The number of piperazine rings is 1. The van der Waals surface area contributed by atoms with Crippen molar-refractivity contribution in [1.29, 1.82) is 0 Å². The van der Waals surface area contributed by atoms with E-state index >= 15 is 0 Å². The molecule has 38 heavy (non-hydrogen) atoms. The zero-order chi connectivity index (χ0) is 26.2.